The Bertz CT molecular complexity index is 2810. The van der Waals surface area contributed by atoms with E-state index in [1.165, 1.54) is 57.3 Å². The molecule has 3 amide bonds. The van der Waals surface area contributed by atoms with Gasteiger partial charge in [0.2, 0.25) is 11.8 Å². The molecule has 6 aromatic rings. The molecule has 4 saturated heterocycles. The Labute approximate surface area is 435 Å². The minimum atomic E-state index is -0.584. The number of hydrogen-bond acceptors (Lipinski definition) is 9. The summed E-state index contributed by atoms with van der Waals surface area (Å²) < 4.78 is 40.7. The van der Waals surface area contributed by atoms with Gasteiger partial charge in [-0.3, -0.25) is 19.2 Å². The summed E-state index contributed by atoms with van der Waals surface area (Å²) in [4.78, 5) is 66.9. The summed E-state index contributed by atoms with van der Waals surface area (Å²) in [6.45, 7) is 6.26. The van der Waals surface area contributed by atoms with Gasteiger partial charge in [0, 0.05) is 76.5 Å². The first-order valence-corrected chi connectivity index (χ1v) is 26.2. The molecule has 0 aliphatic carbocycles. The third-order valence-corrected chi connectivity index (χ3v) is 14.0. The van der Waals surface area contributed by atoms with Crippen LogP contribution in [0.25, 0.3) is 22.1 Å². The Morgan fingerprint density at radius 1 is 0.616 bits per heavy atom. The molecule has 4 aliphatic rings. The van der Waals surface area contributed by atoms with Gasteiger partial charge in [-0.1, -0.05) is 24.3 Å². The van der Waals surface area contributed by atoms with Crippen LogP contribution in [0.3, 0.4) is 0 Å². The monoisotopic (exact) mass is 1040 g/mol. The lowest BCUT2D eigenvalue weighted by atomic mass is 9.90. The number of Topliss-reactive ketones (excluding diaryl/α,β-unsaturated/α-hetero) is 1. The summed E-state index contributed by atoms with van der Waals surface area (Å²) >= 11 is 9.53. The van der Waals surface area contributed by atoms with E-state index in [-0.39, 0.29) is 45.8 Å². The molecule has 0 atom stereocenters. The van der Waals surface area contributed by atoms with Gasteiger partial charge in [0.15, 0.2) is 0 Å². The fourth-order valence-electron chi connectivity index (χ4n) is 9.98. The quantitative estimate of drug-likeness (QED) is 0.0807. The number of alkyl halides is 2. The number of nitrogens with zero attached hydrogens (tertiary/aromatic N) is 7. The number of aromatic nitrogens is 4. The second-order valence-corrected chi connectivity index (χ2v) is 19.8. The Morgan fingerprint density at radius 2 is 1.08 bits per heavy atom. The lowest BCUT2D eigenvalue weighted by Crippen LogP contribution is -2.39. The Balaban J connectivity index is 0.000000191. The number of ether oxygens (including phenoxy) is 2. The molecule has 10 rings (SSSR count). The number of rotatable bonds is 10. The van der Waals surface area contributed by atoms with Crippen LogP contribution in [0.4, 0.5) is 8.78 Å². The number of aryl methyl sites for hydroxylation is 2. The van der Waals surface area contributed by atoms with Crippen LogP contribution in [0.5, 0.6) is 11.8 Å². The highest BCUT2D eigenvalue weighted by Crippen LogP contribution is 2.31. The maximum atomic E-state index is 13.6. The Morgan fingerprint density at radius 3 is 1.53 bits per heavy atom. The summed E-state index contributed by atoms with van der Waals surface area (Å²) in [5.74, 6) is -0.316. The van der Waals surface area contributed by atoms with E-state index in [4.69, 9.17) is 32.7 Å². The number of halogens is 4. The van der Waals surface area contributed by atoms with Crippen molar-refractivity contribution in [2.75, 3.05) is 71.9 Å². The van der Waals surface area contributed by atoms with Crippen molar-refractivity contribution in [2.45, 2.75) is 64.2 Å². The number of carbonyl (C=O) groups excluding carboxylic acids is 4. The SMILES string of the molecule is C1CCNC1.COc1nc2c(cc1C(=O)N1CCC(Cc3ccc(F)cc3)CC1)c(C(=O)C(=O)N1CCCC1)cn2C.COc1nc2c(ccn2C)cc1C(=O)N1CCC(Cc2ccc(F)cc2)CC1.ClCCl. The second-order valence-electron chi connectivity index (χ2n) is 19.0. The number of amides is 3. The number of fused-ring (bicyclic) bond motifs is 2. The highest BCUT2D eigenvalue weighted by molar-refractivity contribution is 6.45. The highest BCUT2D eigenvalue weighted by Gasteiger charge is 2.32. The van der Waals surface area contributed by atoms with Gasteiger partial charge in [-0.05, 0) is 143 Å². The van der Waals surface area contributed by atoms with Crippen molar-refractivity contribution >= 4 is 68.8 Å². The topological polar surface area (TPSA) is 144 Å². The van der Waals surface area contributed by atoms with E-state index in [2.05, 4.69) is 15.3 Å². The van der Waals surface area contributed by atoms with Crippen molar-refractivity contribution in [3.63, 3.8) is 0 Å². The molecule has 0 unspecified atom stereocenters. The molecule has 0 bridgehead atoms. The van der Waals surface area contributed by atoms with Crippen molar-refractivity contribution in [2.24, 2.45) is 25.9 Å². The summed E-state index contributed by atoms with van der Waals surface area (Å²) in [5.41, 5.74) is 4.55. The van der Waals surface area contributed by atoms with Gasteiger partial charge in [-0.25, -0.2) is 8.78 Å². The predicted molar refractivity (Wildman–Crippen MR) is 281 cm³/mol. The number of carbonyl (C=O) groups is 4. The first-order valence-electron chi connectivity index (χ1n) is 25.1. The highest BCUT2D eigenvalue weighted by atomic mass is 35.5. The zero-order chi connectivity index (χ0) is 52.0. The van der Waals surface area contributed by atoms with Crippen LogP contribution in [0.2, 0.25) is 0 Å². The average molecular weight is 1040 g/mol. The molecule has 1 N–H and O–H groups in total. The van der Waals surface area contributed by atoms with E-state index in [0.29, 0.717) is 73.6 Å². The van der Waals surface area contributed by atoms with Gasteiger partial charge in [-0.2, -0.15) is 9.97 Å². The molecular weight excluding hydrogens is 978 g/mol. The maximum Gasteiger partial charge on any atom is 0.295 e. The van der Waals surface area contributed by atoms with Gasteiger partial charge in [0.25, 0.3) is 23.5 Å². The van der Waals surface area contributed by atoms with Crippen molar-refractivity contribution in [3.8, 4) is 11.8 Å². The van der Waals surface area contributed by atoms with E-state index < -0.39 is 11.7 Å². The molecule has 390 valence electrons. The first kappa shape index (κ1) is 54.7. The summed E-state index contributed by atoms with van der Waals surface area (Å²) in [6, 6.07) is 18.7. The van der Waals surface area contributed by atoms with E-state index >= 15 is 0 Å². The summed E-state index contributed by atoms with van der Waals surface area (Å²) in [6.07, 6.45) is 13.4. The summed E-state index contributed by atoms with van der Waals surface area (Å²) in [7, 11) is 6.68. The Kier molecular flexibility index (Phi) is 19.6. The van der Waals surface area contributed by atoms with E-state index in [1.54, 1.807) is 40.8 Å². The zero-order valence-electron chi connectivity index (χ0n) is 42.2. The molecule has 4 fully saturated rings. The van der Waals surface area contributed by atoms with Crippen LogP contribution < -0.4 is 14.8 Å². The predicted octanol–water partition coefficient (Wildman–Crippen LogP) is 9.23. The molecule has 0 saturated carbocycles. The van der Waals surface area contributed by atoms with Crippen molar-refractivity contribution in [3.05, 3.63) is 119 Å². The van der Waals surface area contributed by atoms with E-state index in [0.717, 1.165) is 73.5 Å². The maximum absolute atomic E-state index is 13.6. The van der Waals surface area contributed by atoms with Gasteiger partial charge >= 0.3 is 0 Å². The van der Waals surface area contributed by atoms with Gasteiger partial charge in [0.05, 0.1) is 25.1 Å². The minimum Gasteiger partial charge on any atom is -0.480 e. The number of pyridine rings is 2. The normalized spacial score (nSPS) is 16.0. The number of piperidine rings is 2. The van der Waals surface area contributed by atoms with E-state index in [9.17, 15) is 28.0 Å². The zero-order valence-corrected chi connectivity index (χ0v) is 43.7. The van der Waals surface area contributed by atoms with Crippen LogP contribution in [0.15, 0.2) is 79.1 Å². The molecule has 8 heterocycles. The molecule has 0 radical (unpaired) electrons. The van der Waals surface area contributed by atoms with Gasteiger partial charge in [0.1, 0.15) is 34.1 Å². The van der Waals surface area contributed by atoms with Crippen LogP contribution in [-0.2, 0) is 31.7 Å². The molecule has 73 heavy (non-hydrogen) atoms. The van der Waals surface area contributed by atoms with Crippen LogP contribution in [-0.4, -0.2) is 129 Å². The average Bonchev–Trinajstić information content (AvgIpc) is 4.28. The molecule has 0 spiro atoms. The first-order chi connectivity index (χ1) is 35.3. The van der Waals surface area contributed by atoms with Crippen molar-refractivity contribution in [1.29, 1.82) is 0 Å². The number of hydrogen-bond donors (Lipinski definition) is 1. The third kappa shape index (κ3) is 13.9. The smallest absolute Gasteiger partial charge is 0.295 e. The third-order valence-electron chi connectivity index (χ3n) is 14.0. The largest absolute Gasteiger partial charge is 0.480 e. The van der Waals surface area contributed by atoms with Gasteiger partial charge < -0.3 is 38.6 Å². The number of methoxy groups -OCH3 is 2. The minimum absolute atomic E-state index is 0.0321. The second kappa shape index (κ2) is 26.2. The van der Waals surface area contributed by atoms with Gasteiger partial charge in [-0.15, -0.1) is 23.2 Å². The lowest BCUT2D eigenvalue weighted by molar-refractivity contribution is -0.125. The molecular formula is C55H66Cl2F2N8O6. The van der Waals surface area contributed by atoms with Crippen molar-refractivity contribution in [1.82, 2.24) is 39.1 Å². The molecule has 2 aromatic carbocycles. The number of benzene rings is 2. The number of nitrogens with one attached hydrogen (secondary N) is 1. The van der Waals surface area contributed by atoms with Crippen LogP contribution >= 0.6 is 23.2 Å². The molecule has 4 aromatic heterocycles. The summed E-state index contributed by atoms with van der Waals surface area (Å²) in [5, 5.41) is 4.81. The fraction of sp³-hybridized carbons (Fsp3) is 0.455. The molecule has 4 aliphatic heterocycles. The Hall–Kier alpha value is -6.10. The molecule has 18 heteroatoms. The fourth-order valence-corrected chi connectivity index (χ4v) is 9.98. The van der Waals surface area contributed by atoms with Crippen LogP contribution in [0.1, 0.15) is 93.6 Å². The molecule has 14 nitrogen and oxygen atoms in total. The van der Waals surface area contributed by atoms with E-state index in [1.807, 2.05) is 59.1 Å². The number of ketones is 1. The number of likely N-dealkylation sites (tertiary alicyclic amines) is 3. The standard InChI is InChI=1S/C28H31FN4O4.C22H24FN3O2.C4H9N.CH2Cl2/c1-31-17-23(24(34)28(36)32-11-3-4-12-32)21-16-22(26(37-2)30-25(21)31)27(35)33-13-9-19(10-14-33)15-18-5-7-20(29)8-6-18;1-25-10-9-17-14-19(21(28-2)24-20(17)25)22(27)26-11-7-16(8-12-26)13-15-3-5-18(23)6-4-15;1-2-4-5-3-1;2-1-3/h5-8,16-17,19H,3-4,9-15H2,1-2H3;3-6,9-10,14,16H,7-8,11-13H2,1-2H3;5H,1-4H2;1H2. The van der Waals surface area contributed by atoms with Crippen molar-refractivity contribution < 1.29 is 37.4 Å². The van der Waals surface area contributed by atoms with Crippen LogP contribution in [0, 0.1) is 23.5 Å². The lowest BCUT2D eigenvalue weighted by Gasteiger charge is -2.32.